The van der Waals surface area contributed by atoms with Gasteiger partial charge in [0.15, 0.2) is 0 Å². The number of likely N-dealkylation sites (N-methyl/N-ethyl adjacent to an activating group) is 1. The highest BCUT2D eigenvalue weighted by Gasteiger charge is 2.29. The van der Waals surface area contributed by atoms with Gasteiger partial charge >= 0.3 is 0 Å². The van der Waals surface area contributed by atoms with Gasteiger partial charge in [0.2, 0.25) is 11.8 Å². The highest BCUT2D eigenvalue weighted by molar-refractivity contribution is 5.92. The van der Waals surface area contributed by atoms with Gasteiger partial charge in [-0.1, -0.05) is 0 Å². The number of nitrogens with zero attached hydrogens (tertiary/aromatic N) is 2. The number of aromatic nitrogens is 1. The molecule has 2 heterocycles. The van der Waals surface area contributed by atoms with Gasteiger partial charge in [0.1, 0.15) is 12.4 Å². The second-order valence-corrected chi connectivity index (χ2v) is 5.16. The van der Waals surface area contributed by atoms with Crippen LogP contribution < -0.4 is 0 Å². The number of fused-ring (bicyclic) bond motifs is 1. The van der Waals surface area contributed by atoms with Crippen LogP contribution in [0, 0.1) is 5.82 Å². The molecule has 3 rings (SSSR count). The molecule has 0 radical (unpaired) electrons. The molecular formula is C15H16FN3O2. The molecule has 1 aliphatic rings. The van der Waals surface area contributed by atoms with Crippen LogP contribution in [0.2, 0.25) is 0 Å². The van der Waals surface area contributed by atoms with E-state index < -0.39 is 0 Å². The first-order valence-electron chi connectivity index (χ1n) is 6.89. The van der Waals surface area contributed by atoms with Gasteiger partial charge < -0.3 is 14.8 Å². The Kier molecular flexibility index (Phi) is 3.37. The molecule has 0 spiro atoms. The van der Waals surface area contributed by atoms with Crippen LogP contribution in [0.3, 0.4) is 0 Å². The normalized spacial score (nSPS) is 15.2. The number of halogens is 1. The fraction of sp³-hybridized carbons (Fsp3) is 0.333. The Bertz CT molecular complexity index is 710. The SMILES string of the molecule is CCN1CN(C(=O)Cc2c[nH]c3cc(F)ccc23)CC1=O. The summed E-state index contributed by atoms with van der Waals surface area (Å²) in [6, 6.07) is 4.45. The summed E-state index contributed by atoms with van der Waals surface area (Å²) >= 11 is 0. The van der Waals surface area contributed by atoms with Crippen LogP contribution in [0.5, 0.6) is 0 Å². The van der Waals surface area contributed by atoms with Gasteiger partial charge in [-0.15, -0.1) is 0 Å². The predicted molar refractivity (Wildman–Crippen MR) is 75.9 cm³/mol. The van der Waals surface area contributed by atoms with E-state index in [9.17, 15) is 14.0 Å². The molecule has 5 nitrogen and oxygen atoms in total. The van der Waals surface area contributed by atoms with Gasteiger partial charge in [0.05, 0.1) is 13.1 Å². The average molecular weight is 289 g/mol. The van der Waals surface area contributed by atoms with Gasteiger partial charge in [0, 0.05) is 23.6 Å². The topological polar surface area (TPSA) is 56.4 Å². The van der Waals surface area contributed by atoms with Crippen LogP contribution in [0.25, 0.3) is 10.9 Å². The largest absolute Gasteiger partial charge is 0.361 e. The molecular weight excluding hydrogens is 273 g/mol. The average Bonchev–Trinajstić information content (AvgIpc) is 3.02. The van der Waals surface area contributed by atoms with E-state index in [1.54, 1.807) is 22.1 Å². The van der Waals surface area contributed by atoms with E-state index in [4.69, 9.17) is 0 Å². The fourth-order valence-corrected chi connectivity index (χ4v) is 2.62. The minimum absolute atomic E-state index is 0.0214. The van der Waals surface area contributed by atoms with Crippen LogP contribution in [-0.2, 0) is 16.0 Å². The Morgan fingerprint density at radius 2 is 2.24 bits per heavy atom. The molecule has 0 atom stereocenters. The maximum absolute atomic E-state index is 13.1. The fourth-order valence-electron chi connectivity index (χ4n) is 2.62. The van der Waals surface area contributed by atoms with Crippen molar-refractivity contribution in [3.05, 3.63) is 35.8 Å². The van der Waals surface area contributed by atoms with E-state index in [0.717, 1.165) is 10.9 Å². The molecule has 2 amide bonds. The number of carbonyl (C=O) groups is 2. The monoisotopic (exact) mass is 289 g/mol. The van der Waals surface area contributed by atoms with Crippen molar-refractivity contribution in [2.75, 3.05) is 19.8 Å². The lowest BCUT2D eigenvalue weighted by atomic mass is 10.1. The lowest BCUT2D eigenvalue weighted by Gasteiger charge is -2.16. The molecule has 1 saturated heterocycles. The third-order valence-corrected chi connectivity index (χ3v) is 3.83. The molecule has 21 heavy (non-hydrogen) atoms. The van der Waals surface area contributed by atoms with Gasteiger partial charge in [-0.05, 0) is 30.7 Å². The quantitative estimate of drug-likeness (QED) is 0.931. The number of nitrogens with one attached hydrogen (secondary N) is 1. The third kappa shape index (κ3) is 2.49. The number of benzene rings is 1. The Labute approximate surface area is 121 Å². The van der Waals surface area contributed by atoms with Crippen molar-refractivity contribution in [1.29, 1.82) is 0 Å². The first kappa shape index (κ1) is 13.6. The second kappa shape index (κ2) is 5.20. The summed E-state index contributed by atoms with van der Waals surface area (Å²) < 4.78 is 13.1. The summed E-state index contributed by atoms with van der Waals surface area (Å²) in [4.78, 5) is 30.1. The molecule has 110 valence electrons. The third-order valence-electron chi connectivity index (χ3n) is 3.83. The molecule has 0 aliphatic carbocycles. The number of rotatable bonds is 3. The van der Waals surface area contributed by atoms with Crippen molar-refractivity contribution < 1.29 is 14.0 Å². The molecule has 1 N–H and O–H groups in total. The zero-order valence-electron chi connectivity index (χ0n) is 11.7. The number of amides is 2. The Morgan fingerprint density at radius 1 is 1.43 bits per heavy atom. The van der Waals surface area contributed by atoms with E-state index in [1.807, 2.05) is 6.92 Å². The van der Waals surface area contributed by atoms with Gasteiger partial charge in [-0.25, -0.2) is 4.39 Å². The van der Waals surface area contributed by atoms with Gasteiger partial charge in [-0.3, -0.25) is 9.59 Å². The standard InChI is InChI=1S/C15H16FN3O2/c1-2-18-9-19(8-15(18)21)14(20)5-10-7-17-13-6-11(16)3-4-12(10)13/h3-4,6-7,17H,2,5,8-9H2,1H3. The van der Waals surface area contributed by atoms with Crippen LogP contribution in [0.1, 0.15) is 12.5 Å². The minimum Gasteiger partial charge on any atom is -0.361 e. The highest BCUT2D eigenvalue weighted by Crippen LogP contribution is 2.20. The zero-order valence-corrected chi connectivity index (χ0v) is 11.7. The summed E-state index contributed by atoms with van der Waals surface area (Å²) in [7, 11) is 0. The summed E-state index contributed by atoms with van der Waals surface area (Å²) in [6.45, 7) is 2.99. The van der Waals surface area contributed by atoms with Crippen LogP contribution in [0.15, 0.2) is 24.4 Å². The summed E-state index contributed by atoms with van der Waals surface area (Å²) in [6.07, 6.45) is 1.92. The van der Waals surface area contributed by atoms with E-state index in [2.05, 4.69) is 4.98 Å². The van der Waals surface area contributed by atoms with E-state index in [-0.39, 0.29) is 30.6 Å². The molecule has 2 aromatic rings. The van der Waals surface area contributed by atoms with Crippen molar-refractivity contribution in [3.8, 4) is 0 Å². The zero-order chi connectivity index (χ0) is 15.0. The van der Waals surface area contributed by atoms with Gasteiger partial charge in [-0.2, -0.15) is 0 Å². The summed E-state index contributed by atoms with van der Waals surface area (Å²) in [5.74, 6) is -0.428. The Morgan fingerprint density at radius 3 is 2.95 bits per heavy atom. The van der Waals surface area contributed by atoms with Crippen LogP contribution >= 0.6 is 0 Å². The number of H-pyrrole nitrogens is 1. The second-order valence-electron chi connectivity index (χ2n) is 5.16. The lowest BCUT2D eigenvalue weighted by Crippen LogP contribution is -2.32. The molecule has 1 fully saturated rings. The van der Waals surface area contributed by atoms with E-state index in [0.29, 0.717) is 18.7 Å². The van der Waals surface area contributed by atoms with E-state index >= 15 is 0 Å². The Balaban J connectivity index is 1.76. The molecule has 0 saturated carbocycles. The van der Waals surface area contributed by atoms with Crippen LogP contribution in [-0.4, -0.2) is 46.4 Å². The molecule has 1 aliphatic heterocycles. The molecule has 6 heteroatoms. The molecule has 0 unspecified atom stereocenters. The van der Waals surface area contributed by atoms with Crippen molar-refractivity contribution in [3.63, 3.8) is 0 Å². The molecule has 1 aromatic heterocycles. The molecule has 0 bridgehead atoms. The number of hydrogen-bond acceptors (Lipinski definition) is 2. The van der Waals surface area contributed by atoms with Crippen molar-refractivity contribution in [2.45, 2.75) is 13.3 Å². The van der Waals surface area contributed by atoms with Gasteiger partial charge in [0.25, 0.3) is 0 Å². The summed E-state index contributed by atoms with van der Waals surface area (Å²) in [5.41, 5.74) is 1.49. The first-order valence-corrected chi connectivity index (χ1v) is 6.89. The van der Waals surface area contributed by atoms with Crippen LogP contribution in [0.4, 0.5) is 4.39 Å². The van der Waals surface area contributed by atoms with Crippen molar-refractivity contribution in [2.24, 2.45) is 0 Å². The van der Waals surface area contributed by atoms with Crippen molar-refractivity contribution in [1.82, 2.24) is 14.8 Å². The lowest BCUT2D eigenvalue weighted by molar-refractivity contribution is -0.131. The first-order chi connectivity index (χ1) is 10.1. The van der Waals surface area contributed by atoms with E-state index in [1.165, 1.54) is 12.1 Å². The smallest absolute Gasteiger partial charge is 0.243 e. The maximum Gasteiger partial charge on any atom is 0.243 e. The predicted octanol–water partition coefficient (Wildman–Crippen LogP) is 1.50. The number of carbonyl (C=O) groups excluding carboxylic acids is 2. The highest BCUT2D eigenvalue weighted by atomic mass is 19.1. The minimum atomic E-state index is -0.314. The maximum atomic E-state index is 13.1. The summed E-state index contributed by atoms with van der Waals surface area (Å²) in [5, 5.41) is 0.836. The molecule has 1 aromatic carbocycles. The number of hydrogen-bond donors (Lipinski definition) is 1. The number of aromatic amines is 1. The van der Waals surface area contributed by atoms with Crippen molar-refractivity contribution >= 4 is 22.7 Å². The Hall–Kier alpha value is -2.37.